The first-order chi connectivity index (χ1) is 9.84. The summed E-state index contributed by atoms with van der Waals surface area (Å²) < 4.78 is 11.3. The molecule has 4 nitrogen and oxygen atoms in total. The average Bonchev–Trinajstić information content (AvgIpc) is 2.41. The van der Waals surface area contributed by atoms with Gasteiger partial charge in [0.05, 0.1) is 4.47 Å². The first kappa shape index (κ1) is 18.0. The maximum absolute atomic E-state index is 11.6. The van der Waals surface area contributed by atoms with E-state index in [1.54, 1.807) is 7.11 Å². The molecule has 0 unspecified atom stereocenters. The lowest BCUT2D eigenvalue weighted by Gasteiger charge is -2.20. The standard InChI is InChI=1S/C16H24BrNO3/c1-16(2,3)12-6-7-14(13(17)10-12)21-11-15(19)18-8-5-9-20-4/h6-7,10H,5,8-9,11H2,1-4H3,(H,18,19). The number of carbonyl (C=O) groups excluding carboxylic acids is 1. The number of rotatable bonds is 7. The molecule has 118 valence electrons. The van der Waals surface area contributed by atoms with Gasteiger partial charge >= 0.3 is 0 Å². The van der Waals surface area contributed by atoms with Gasteiger partial charge in [-0.15, -0.1) is 0 Å². The summed E-state index contributed by atoms with van der Waals surface area (Å²) in [5.41, 5.74) is 1.30. The molecule has 1 aromatic carbocycles. The van der Waals surface area contributed by atoms with Crippen LogP contribution in [0.25, 0.3) is 0 Å². The summed E-state index contributed by atoms with van der Waals surface area (Å²) in [5, 5.41) is 2.78. The van der Waals surface area contributed by atoms with Gasteiger partial charge in [0.15, 0.2) is 6.61 Å². The number of hydrogen-bond acceptors (Lipinski definition) is 3. The molecule has 0 spiro atoms. The predicted octanol–water partition coefficient (Wildman–Crippen LogP) is 3.28. The zero-order chi connectivity index (χ0) is 15.9. The number of methoxy groups -OCH3 is 1. The highest BCUT2D eigenvalue weighted by atomic mass is 79.9. The Labute approximate surface area is 135 Å². The smallest absolute Gasteiger partial charge is 0.257 e. The lowest BCUT2D eigenvalue weighted by Crippen LogP contribution is -2.30. The second-order valence-corrected chi connectivity index (χ2v) is 6.73. The van der Waals surface area contributed by atoms with Crippen molar-refractivity contribution in [3.8, 4) is 5.75 Å². The van der Waals surface area contributed by atoms with Crippen molar-refractivity contribution in [2.24, 2.45) is 0 Å². The molecule has 1 rings (SSSR count). The molecule has 0 aliphatic rings. The largest absolute Gasteiger partial charge is 0.483 e. The summed E-state index contributed by atoms with van der Waals surface area (Å²) in [6, 6.07) is 5.95. The van der Waals surface area contributed by atoms with Gasteiger partial charge in [-0.3, -0.25) is 4.79 Å². The van der Waals surface area contributed by atoms with Crippen molar-refractivity contribution in [3.63, 3.8) is 0 Å². The van der Waals surface area contributed by atoms with E-state index in [4.69, 9.17) is 9.47 Å². The van der Waals surface area contributed by atoms with Gasteiger partial charge in [-0.25, -0.2) is 0 Å². The zero-order valence-corrected chi connectivity index (χ0v) is 14.7. The Balaban J connectivity index is 2.47. The highest BCUT2D eigenvalue weighted by Crippen LogP contribution is 2.31. The lowest BCUT2D eigenvalue weighted by molar-refractivity contribution is -0.123. The number of carbonyl (C=O) groups is 1. The third kappa shape index (κ3) is 6.48. The third-order valence-corrected chi connectivity index (χ3v) is 3.62. The van der Waals surface area contributed by atoms with Crippen LogP contribution >= 0.6 is 15.9 Å². The molecule has 0 saturated carbocycles. The van der Waals surface area contributed by atoms with Crippen molar-refractivity contribution in [1.82, 2.24) is 5.32 Å². The molecular weight excluding hydrogens is 334 g/mol. The van der Waals surface area contributed by atoms with E-state index in [1.165, 1.54) is 5.56 Å². The van der Waals surface area contributed by atoms with Crippen LogP contribution in [0.5, 0.6) is 5.75 Å². The number of benzene rings is 1. The van der Waals surface area contributed by atoms with Crippen LogP contribution in [0.15, 0.2) is 22.7 Å². The number of amides is 1. The molecule has 0 heterocycles. The highest BCUT2D eigenvalue weighted by molar-refractivity contribution is 9.10. The van der Waals surface area contributed by atoms with Crippen molar-refractivity contribution < 1.29 is 14.3 Å². The summed E-state index contributed by atoms with van der Waals surface area (Å²) in [7, 11) is 1.64. The monoisotopic (exact) mass is 357 g/mol. The Bertz CT molecular complexity index is 469. The van der Waals surface area contributed by atoms with E-state index < -0.39 is 0 Å². The predicted molar refractivity (Wildman–Crippen MR) is 87.8 cm³/mol. The zero-order valence-electron chi connectivity index (χ0n) is 13.2. The summed E-state index contributed by atoms with van der Waals surface area (Å²) >= 11 is 3.49. The van der Waals surface area contributed by atoms with Crippen LogP contribution in [-0.2, 0) is 14.9 Å². The van der Waals surface area contributed by atoms with Crippen molar-refractivity contribution in [3.05, 3.63) is 28.2 Å². The van der Waals surface area contributed by atoms with Gasteiger partial charge in [0.25, 0.3) is 5.91 Å². The minimum Gasteiger partial charge on any atom is -0.483 e. The van der Waals surface area contributed by atoms with Crippen LogP contribution in [0.2, 0.25) is 0 Å². The quantitative estimate of drug-likeness (QED) is 0.761. The van der Waals surface area contributed by atoms with Crippen LogP contribution in [0.1, 0.15) is 32.8 Å². The molecule has 0 aliphatic carbocycles. The average molecular weight is 358 g/mol. The van der Waals surface area contributed by atoms with Gasteiger partial charge in [0.1, 0.15) is 5.75 Å². The van der Waals surface area contributed by atoms with E-state index in [2.05, 4.69) is 42.0 Å². The first-order valence-corrected chi connectivity index (χ1v) is 7.82. The molecule has 0 bridgehead atoms. The van der Waals surface area contributed by atoms with Gasteiger partial charge in [-0.1, -0.05) is 26.8 Å². The van der Waals surface area contributed by atoms with Crippen molar-refractivity contribution in [2.45, 2.75) is 32.6 Å². The Morgan fingerprint density at radius 2 is 2.05 bits per heavy atom. The molecular formula is C16H24BrNO3. The molecule has 0 saturated heterocycles. The van der Waals surface area contributed by atoms with Gasteiger partial charge < -0.3 is 14.8 Å². The molecule has 0 atom stereocenters. The van der Waals surface area contributed by atoms with Gasteiger partial charge in [0.2, 0.25) is 0 Å². The normalized spacial score (nSPS) is 11.3. The van der Waals surface area contributed by atoms with E-state index in [-0.39, 0.29) is 17.9 Å². The van der Waals surface area contributed by atoms with Gasteiger partial charge in [0, 0.05) is 20.3 Å². The summed E-state index contributed by atoms with van der Waals surface area (Å²) in [4.78, 5) is 11.6. The van der Waals surface area contributed by atoms with Crippen LogP contribution in [0, 0.1) is 0 Å². The molecule has 1 aromatic rings. The van der Waals surface area contributed by atoms with Crippen LogP contribution < -0.4 is 10.1 Å². The molecule has 0 fully saturated rings. The maximum atomic E-state index is 11.6. The molecule has 1 N–H and O–H groups in total. The Morgan fingerprint density at radius 1 is 1.33 bits per heavy atom. The summed E-state index contributed by atoms with van der Waals surface area (Å²) in [5.74, 6) is 0.549. The van der Waals surface area contributed by atoms with Crippen LogP contribution in [0.4, 0.5) is 0 Å². The fraction of sp³-hybridized carbons (Fsp3) is 0.562. The molecule has 5 heteroatoms. The topological polar surface area (TPSA) is 47.6 Å². The molecule has 0 radical (unpaired) electrons. The SMILES string of the molecule is COCCCNC(=O)COc1ccc(C(C)(C)C)cc1Br. The number of hydrogen-bond donors (Lipinski definition) is 1. The molecule has 0 aliphatic heterocycles. The van der Waals surface area contributed by atoms with E-state index >= 15 is 0 Å². The highest BCUT2D eigenvalue weighted by Gasteiger charge is 2.15. The lowest BCUT2D eigenvalue weighted by atomic mass is 9.87. The number of halogens is 1. The van der Waals surface area contributed by atoms with Crippen molar-refractivity contribution >= 4 is 21.8 Å². The van der Waals surface area contributed by atoms with Gasteiger partial charge in [-0.05, 0) is 45.5 Å². The van der Waals surface area contributed by atoms with E-state index in [1.807, 2.05) is 18.2 Å². The minimum absolute atomic E-state index is 0.0143. The summed E-state index contributed by atoms with van der Waals surface area (Å²) in [6.07, 6.45) is 0.798. The third-order valence-electron chi connectivity index (χ3n) is 3.00. The maximum Gasteiger partial charge on any atom is 0.257 e. The van der Waals surface area contributed by atoms with E-state index in [9.17, 15) is 4.79 Å². The fourth-order valence-corrected chi connectivity index (χ4v) is 2.22. The fourth-order valence-electron chi connectivity index (χ4n) is 1.72. The van der Waals surface area contributed by atoms with Crippen LogP contribution in [0.3, 0.4) is 0 Å². The Kier molecular flexibility index (Phi) is 7.18. The van der Waals surface area contributed by atoms with Crippen LogP contribution in [-0.4, -0.2) is 32.8 Å². The number of ether oxygens (including phenoxy) is 2. The van der Waals surface area contributed by atoms with E-state index in [0.29, 0.717) is 18.9 Å². The molecule has 1 amide bonds. The summed E-state index contributed by atoms with van der Waals surface area (Å²) in [6.45, 7) is 7.72. The second kappa shape index (κ2) is 8.39. The number of nitrogens with one attached hydrogen (secondary N) is 1. The first-order valence-electron chi connectivity index (χ1n) is 7.03. The Morgan fingerprint density at radius 3 is 2.62 bits per heavy atom. The minimum atomic E-state index is -0.127. The second-order valence-electron chi connectivity index (χ2n) is 5.88. The Hall–Kier alpha value is -1.07. The molecule has 21 heavy (non-hydrogen) atoms. The molecule has 0 aromatic heterocycles. The van der Waals surface area contributed by atoms with Crippen molar-refractivity contribution in [2.75, 3.05) is 26.9 Å². The van der Waals surface area contributed by atoms with Crippen molar-refractivity contribution in [1.29, 1.82) is 0 Å². The van der Waals surface area contributed by atoms with E-state index in [0.717, 1.165) is 10.9 Å². The van der Waals surface area contributed by atoms with Gasteiger partial charge in [-0.2, -0.15) is 0 Å².